The van der Waals surface area contributed by atoms with Crippen molar-refractivity contribution in [1.82, 2.24) is 9.80 Å². The van der Waals surface area contributed by atoms with Gasteiger partial charge in [0.2, 0.25) is 0 Å². The maximum atomic E-state index is 12.0. The summed E-state index contributed by atoms with van der Waals surface area (Å²) in [5, 5.41) is 0. The highest BCUT2D eigenvalue weighted by atomic mass is 16.5. The van der Waals surface area contributed by atoms with Crippen molar-refractivity contribution in [2.75, 3.05) is 26.3 Å². The van der Waals surface area contributed by atoms with Crippen LogP contribution in [0.1, 0.15) is 20.8 Å². The van der Waals surface area contributed by atoms with Crippen LogP contribution >= 0.6 is 0 Å². The van der Waals surface area contributed by atoms with Crippen molar-refractivity contribution in [3.05, 3.63) is 0 Å². The van der Waals surface area contributed by atoms with Crippen LogP contribution in [-0.4, -0.2) is 53.7 Å². The summed E-state index contributed by atoms with van der Waals surface area (Å²) in [4.78, 5) is 15.9. The molecule has 1 spiro atoms. The van der Waals surface area contributed by atoms with Gasteiger partial charge in [-0.1, -0.05) is 0 Å². The van der Waals surface area contributed by atoms with Crippen molar-refractivity contribution in [1.29, 1.82) is 0 Å². The molecular formula is C10H18N2O2. The molecule has 4 heteroatoms. The number of hydrogen-bond acceptors (Lipinski definition) is 2. The highest BCUT2D eigenvalue weighted by Crippen LogP contribution is 2.34. The van der Waals surface area contributed by atoms with E-state index < -0.39 is 0 Å². The third kappa shape index (κ3) is 1.13. The number of likely N-dealkylation sites (N-methyl/N-ethyl adjacent to an activating group) is 1. The van der Waals surface area contributed by atoms with E-state index in [1.165, 1.54) is 0 Å². The van der Waals surface area contributed by atoms with Gasteiger partial charge in [-0.2, -0.15) is 0 Å². The van der Waals surface area contributed by atoms with Crippen LogP contribution < -0.4 is 0 Å². The summed E-state index contributed by atoms with van der Waals surface area (Å²) in [6.45, 7) is 9.19. The molecule has 0 aliphatic carbocycles. The van der Waals surface area contributed by atoms with E-state index in [2.05, 4.69) is 13.8 Å². The summed E-state index contributed by atoms with van der Waals surface area (Å²) in [6.07, 6.45) is 0. The molecule has 0 aromatic heterocycles. The van der Waals surface area contributed by atoms with E-state index in [0.29, 0.717) is 13.2 Å². The van der Waals surface area contributed by atoms with Crippen LogP contribution in [0.25, 0.3) is 0 Å². The average molecular weight is 198 g/mol. The first-order chi connectivity index (χ1) is 6.60. The summed E-state index contributed by atoms with van der Waals surface area (Å²) in [5.74, 6) is 0. The maximum absolute atomic E-state index is 12.0. The smallest absolute Gasteiger partial charge is 0.321 e. The lowest BCUT2D eigenvalue weighted by atomic mass is 9.95. The Balaban J connectivity index is 2.22. The number of hydrogen-bond donors (Lipinski definition) is 0. The number of carbonyl (C=O) groups excluding carboxylic acids is 1. The summed E-state index contributed by atoms with van der Waals surface area (Å²) < 4.78 is 5.26. The third-order valence-electron chi connectivity index (χ3n) is 3.11. The van der Waals surface area contributed by atoms with Crippen molar-refractivity contribution in [2.45, 2.75) is 32.4 Å². The molecule has 0 atom stereocenters. The van der Waals surface area contributed by atoms with E-state index in [1.807, 2.05) is 16.7 Å². The number of rotatable bonds is 2. The number of amides is 2. The van der Waals surface area contributed by atoms with E-state index in [4.69, 9.17) is 4.74 Å². The standard InChI is InChI=1S/C10H18N2O2/c1-4-11-5-10(6-14-7-10)12(8(2)3)9(11)13/h8H,4-7H2,1-3H3. The quantitative estimate of drug-likeness (QED) is 0.661. The minimum absolute atomic E-state index is 0.0126. The maximum Gasteiger partial charge on any atom is 0.321 e. The number of carbonyl (C=O) groups is 1. The van der Waals surface area contributed by atoms with E-state index in [1.54, 1.807) is 0 Å². The first-order valence-corrected chi connectivity index (χ1v) is 5.27. The Hall–Kier alpha value is -0.770. The molecule has 2 aliphatic rings. The summed E-state index contributed by atoms with van der Waals surface area (Å²) in [7, 11) is 0. The van der Waals surface area contributed by atoms with Gasteiger partial charge in [-0.15, -0.1) is 0 Å². The number of nitrogens with zero attached hydrogens (tertiary/aromatic N) is 2. The highest BCUT2D eigenvalue weighted by molar-refractivity contribution is 5.78. The van der Waals surface area contributed by atoms with Crippen LogP contribution in [-0.2, 0) is 4.74 Å². The Bertz CT molecular complexity index is 249. The Morgan fingerprint density at radius 1 is 1.50 bits per heavy atom. The zero-order valence-corrected chi connectivity index (χ0v) is 9.12. The second kappa shape index (κ2) is 3.12. The molecule has 0 bridgehead atoms. The topological polar surface area (TPSA) is 32.8 Å². The molecular weight excluding hydrogens is 180 g/mol. The first kappa shape index (κ1) is 9.77. The van der Waals surface area contributed by atoms with Gasteiger partial charge in [-0.25, -0.2) is 4.79 Å². The van der Waals surface area contributed by atoms with Gasteiger partial charge in [-0.05, 0) is 20.8 Å². The van der Waals surface area contributed by atoms with E-state index in [-0.39, 0.29) is 17.6 Å². The fourth-order valence-corrected chi connectivity index (χ4v) is 2.44. The molecule has 0 aromatic rings. The average Bonchev–Trinajstić information content (AvgIpc) is 2.37. The van der Waals surface area contributed by atoms with Gasteiger partial charge in [0, 0.05) is 12.6 Å². The van der Waals surface area contributed by atoms with Gasteiger partial charge >= 0.3 is 6.03 Å². The van der Waals surface area contributed by atoms with Crippen LogP contribution in [0.2, 0.25) is 0 Å². The Morgan fingerprint density at radius 2 is 2.14 bits per heavy atom. The molecule has 0 aromatic carbocycles. The molecule has 2 amide bonds. The van der Waals surface area contributed by atoms with Crippen LogP contribution in [0, 0.1) is 0 Å². The van der Waals surface area contributed by atoms with Gasteiger partial charge in [-0.3, -0.25) is 0 Å². The highest BCUT2D eigenvalue weighted by Gasteiger charge is 2.54. The fourth-order valence-electron chi connectivity index (χ4n) is 2.44. The molecule has 4 nitrogen and oxygen atoms in total. The Kier molecular flexibility index (Phi) is 2.18. The number of urea groups is 1. The lowest BCUT2D eigenvalue weighted by Crippen LogP contribution is -2.63. The van der Waals surface area contributed by atoms with E-state index >= 15 is 0 Å². The lowest BCUT2D eigenvalue weighted by molar-refractivity contribution is -0.115. The van der Waals surface area contributed by atoms with Crippen molar-refractivity contribution in [3.63, 3.8) is 0 Å². The Morgan fingerprint density at radius 3 is 2.43 bits per heavy atom. The second-order valence-corrected chi connectivity index (χ2v) is 4.48. The summed E-state index contributed by atoms with van der Waals surface area (Å²) >= 11 is 0. The zero-order chi connectivity index (χ0) is 10.3. The molecule has 0 radical (unpaired) electrons. The largest absolute Gasteiger partial charge is 0.376 e. The SMILES string of the molecule is CCN1CC2(COC2)N(C(C)C)C1=O. The van der Waals surface area contributed by atoms with Crippen molar-refractivity contribution < 1.29 is 9.53 Å². The normalized spacial score (nSPS) is 25.0. The van der Waals surface area contributed by atoms with Gasteiger partial charge < -0.3 is 14.5 Å². The molecule has 14 heavy (non-hydrogen) atoms. The van der Waals surface area contributed by atoms with Crippen LogP contribution in [0.4, 0.5) is 4.79 Å². The van der Waals surface area contributed by atoms with Gasteiger partial charge in [0.25, 0.3) is 0 Å². The molecule has 2 rings (SSSR count). The van der Waals surface area contributed by atoms with Crippen molar-refractivity contribution >= 4 is 6.03 Å². The lowest BCUT2D eigenvalue weighted by Gasteiger charge is -2.45. The predicted octanol–water partition coefficient (Wildman–Crippen LogP) is 0.921. The fraction of sp³-hybridized carbons (Fsp3) is 0.900. The number of ether oxygens (including phenoxy) is 1. The minimum Gasteiger partial charge on any atom is -0.376 e. The Labute approximate surface area is 84.8 Å². The summed E-state index contributed by atoms with van der Waals surface area (Å²) in [6, 6.07) is 0.439. The van der Waals surface area contributed by atoms with E-state index in [0.717, 1.165) is 13.1 Å². The monoisotopic (exact) mass is 198 g/mol. The molecule has 0 saturated carbocycles. The van der Waals surface area contributed by atoms with Gasteiger partial charge in [0.15, 0.2) is 0 Å². The van der Waals surface area contributed by atoms with Crippen LogP contribution in [0.5, 0.6) is 0 Å². The molecule has 80 valence electrons. The third-order valence-corrected chi connectivity index (χ3v) is 3.11. The second-order valence-electron chi connectivity index (χ2n) is 4.48. The van der Waals surface area contributed by atoms with Crippen LogP contribution in [0.3, 0.4) is 0 Å². The van der Waals surface area contributed by atoms with Gasteiger partial charge in [0.05, 0.1) is 19.8 Å². The molecule has 2 heterocycles. The predicted molar refractivity (Wildman–Crippen MR) is 53.2 cm³/mol. The van der Waals surface area contributed by atoms with Crippen LogP contribution in [0.15, 0.2) is 0 Å². The van der Waals surface area contributed by atoms with Crippen molar-refractivity contribution in [2.24, 2.45) is 0 Å². The molecule has 2 saturated heterocycles. The molecule has 2 aliphatic heterocycles. The first-order valence-electron chi connectivity index (χ1n) is 5.27. The molecule has 2 fully saturated rings. The molecule has 0 N–H and O–H groups in total. The summed E-state index contributed by atoms with van der Waals surface area (Å²) in [5.41, 5.74) is -0.0126. The molecule has 0 unspecified atom stereocenters. The van der Waals surface area contributed by atoms with E-state index in [9.17, 15) is 4.79 Å². The van der Waals surface area contributed by atoms with Gasteiger partial charge in [0.1, 0.15) is 5.54 Å². The minimum atomic E-state index is -0.0126. The van der Waals surface area contributed by atoms with Crippen molar-refractivity contribution in [3.8, 4) is 0 Å². The zero-order valence-electron chi connectivity index (χ0n) is 9.12.